The first-order valence-electron chi connectivity index (χ1n) is 7.98. The fourth-order valence-electron chi connectivity index (χ4n) is 2.59. The van der Waals surface area contributed by atoms with Gasteiger partial charge in [0.05, 0.1) is 30.0 Å². The van der Waals surface area contributed by atoms with Crippen molar-refractivity contribution in [1.82, 2.24) is 15.2 Å². The zero-order valence-corrected chi connectivity index (χ0v) is 16.5. The molecule has 9 heteroatoms. The summed E-state index contributed by atoms with van der Waals surface area (Å²) in [6.07, 6.45) is 2.04. The van der Waals surface area contributed by atoms with Crippen molar-refractivity contribution in [2.24, 2.45) is 0 Å². The maximum atomic E-state index is 5.75. The van der Waals surface area contributed by atoms with Crippen molar-refractivity contribution in [1.29, 1.82) is 0 Å². The van der Waals surface area contributed by atoms with E-state index in [9.17, 15) is 0 Å². The third kappa shape index (κ3) is 3.43. The minimum atomic E-state index is 0.271. The minimum absolute atomic E-state index is 0.271. The molecule has 27 heavy (non-hydrogen) atoms. The van der Waals surface area contributed by atoms with Gasteiger partial charge in [-0.05, 0) is 30.5 Å². The number of aromatic nitrogens is 3. The van der Waals surface area contributed by atoms with Crippen LogP contribution in [0.25, 0.3) is 21.7 Å². The number of nitrogens with one attached hydrogen (secondary N) is 1. The van der Waals surface area contributed by atoms with Crippen LogP contribution in [0.15, 0.2) is 45.7 Å². The summed E-state index contributed by atoms with van der Waals surface area (Å²) >= 11 is 3.20. The van der Waals surface area contributed by atoms with Gasteiger partial charge in [-0.2, -0.15) is 0 Å². The molecule has 2 aromatic heterocycles. The topological polar surface area (TPSA) is 82.3 Å². The van der Waals surface area contributed by atoms with Gasteiger partial charge >= 0.3 is 6.01 Å². The molecule has 0 aliphatic heterocycles. The number of thioether (sulfide) groups is 1. The molecule has 138 valence electrons. The highest BCUT2D eigenvalue weighted by Gasteiger charge is 2.16. The SMILES string of the molecule is COc1ccc(-c2nnc(Nc3nc4c(SC)cccc4s3)o2)c(OC)c1. The molecule has 0 aliphatic rings. The number of methoxy groups -OCH3 is 2. The van der Waals surface area contributed by atoms with Crippen LogP contribution >= 0.6 is 23.1 Å². The number of para-hydroxylation sites is 1. The van der Waals surface area contributed by atoms with Crippen molar-refractivity contribution in [2.45, 2.75) is 4.90 Å². The van der Waals surface area contributed by atoms with E-state index in [-0.39, 0.29) is 6.01 Å². The Hall–Kier alpha value is -2.78. The lowest BCUT2D eigenvalue weighted by Gasteiger charge is -2.07. The average molecular weight is 400 g/mol. The Kier molecular flexibility index (Phi) is 4.87. The third-order valence-electron chi connectivity index (χ3n) is 3.88. The fraction of sp³-hybridized carbons (Fsp3) is 0.167. The normalized spacial score (nSPS) is 10.9. The van der Waals surface area contributed by atoms with E-state index < -0.39 is 0 Å². The molecule has 2 heterocycles. The van der Waals surface area contributed by atoms with E-state index in [0.29, 0.717) is 28.1 Å². The van der Waals surface area contributed by atoms with E-state index in [1.54, 1.807) is 32.0 Å². The third-order valence-corrected chi connectivity index (χ3v) is 5.59. The van der Waals surface area contributed by atoms with Crippen LogP contribution in [-0.4, -0.2) is 35.7 Å². The highest BCUT2D eigenvalue weighted by atomic mass is 32.2. The first kappa shape index (κ1) is 17.6. The van der Waals surface area contributed by atoms with Crippen molar-refractivity contribution in [2.75, 3.05) is 25.8 Å². The summed E-state index contributed by atoms with van der Waals surface area (Å²) in [7, 11) is 3.18. The number of benzene rings is 2. The van der Waals surface area contributed by atoms with Gasteiger partial charge in [0.2, 0.25) is 0 Å². The van der Waals surface area contributed by atoms with E-state index in [0.717, 1.165) is 15.1 Å². The Morgan fingerprint density at radius 3 is 2.78 bits per heavy atom. The fourth-order valence-corrected chi connectivity index (χ4v) is 4.10. The van der Waals surface area contributed by atoms with Crippen molar-refractivity contribution >= 4 is 44.5 Å². The molecule has 0 radical (unpaired) electrons. The standard InChI is InChI=1S/C18H16N4O3S2/c1-23-10-7-8-11(12(9-10)24-2)16-21-22-17(25-16)20-18-19-15-13(26-3)5-4-6-14(15)27-18/h4-9H,1-3H3,(H,19,20,22). The maximum absolute atomic E-state index is 5.75. The summed E-state index contributed by atoms with van der Waals surface area (Å²) in [6, 6.07) is 11.8. The highest BCUT2D eigenvalue weighted by Crippen LogP contribution is 2.35. The second kappa shape index (κ2) is 7.45. The number of fused-ring (bicyclic) bond motifs is 1. The van der Waals surface area contributed by atoms with Gasteiger partial charge in [-0.1, -0.05) is 22.5 Å². The molecule has 7 nitrogen and oxygen atoms in total. The molecule has 4 rings (SSSR count). The quantitative estimate of drug-likeness (QED) is 0.461. The van der Waals surface area contributed by atoms with E-state index >= 15 is 0 Å². The Morgan fingerprint density at radius 1 is 1.11 bits per heavy atom. The molecule has 2 aromatic carbocycles. The van der Waals surface area contributed by atoms with Crippen LogP contribution in [0.5, 0.6) is 11.5 Å². The molecule has 0 aliphatic carbocycles. The average Bonchev–Trinajstić information content (AvgIpc) is 3.33. The zero-order chi connectivity index (χ0) is 18.8. The Balaban J connectivity index is 1.62. The lowest BCUT2D eigenvalue weighted by atomic mass is 10.2. The predicted octanol–water partition coefficient (Wildman–Crippen LogP) is 4.83. The van der Waals surface area contributed by atoms with Crippen molar-refractivity contribution in [3.8, 4) is 23.0 Å². The Labute approximate surface area is 163 Å². The molecule has 0 fully saturated rings. The van der Waals surface area contributed by atoms with Crippen LogP contribution in [0.1, 0.15) is 0 Å². The van der Waals surface area contributed by atoms with Gasteiger partial charge in [0.25, 0.3) is 5.89 Å². The van der Waals surface area contributed by atoms with Crippen molar-refractivity contribution in [3.05, 3.63) is 36.4 Å². The van der Waals surface area contributed by atoms with Gasteiger partial charge in [0.1, 0.15) is 11.5 Å². The van der Waals surface area contributed by atoms with E-state index in [4.69, 9.17) is 13.9 Å². The lowest BCUT2D eigenvalue weighted by molar-refractivity contribution is 0.394. The number of anilines is 2. The molecule has 0 atom stereocenters. The van der Waals surface area contributed by atoms with E-state index in [2.05, 4.69) is 26.6 Å². The second-order valence-electron chi connectivity index (χ2n) is 5.43. The number of nitrogens with zero attached hydrogens (tertiary/aromatic N) is 3. The number of thiazole rings is 1. The second-order valence-corrected chi connectivity index (χ2v) is 7.31. The van der Waals surface area contributed by atoms with Gasteiger partial charge in [0.15, 0.2) is 5.13 Å². The van der Waals surface area contributed by atoms with Crippen LogP contribution in [0.2, 0.25) is 0 Å². The van der Waals surface area contributed by atoms with Gasteiger partial charge in [0, 0.05) is 11.0 Å². The molecule has 0 unspecified atom stereocenters. The molecule has 0 saturated carbocycles. The summed E-state index contributed by atoms with van der Waals surface area (Å²) in [4.78, 5) is 5.77. The molecule has 4 aromatic rings. The number of rotatable bonds is 6. The number of ether oxygens (including phenoxy) is 2. The monoisotopic (exact) mass is 400 g/mol. The molecule has 0 saturated heterocycles. The van der Waals surface area contributed by atoms with Crippen LogP contribution in [-0.2, 0) is 0 Å². The van der Waals surface area contributed by atoms with Crippen molar-refractivity contribution in [3.63, 3.8) is 0 Å². The van der Waals surface area contributed by atoms with Crippen LogP contribution in [0.3, 0.4) is 0 Å². The predicted molar refractivity (Wildman–Crippen MR) is 108 cm³/mol. The van der Waals surface area contributed by atoms with Gasteiger partial charge in [-0.25, -0.2) is 4.98 Å². The first-order valence-corrected chi connectivity index (χ1v) is 10.0. The molecule has 0 bridgehead atoms. The number of hydrogen-bond acceptors (Lipinski definition) is 9. The summed E-state index contributed by atoms with van der Waals surface area (Å²) < 4.78 is 17.5. The molecule has 0 spiro atoms. The zero-order valence-electron chi connectivity index (χ0n) is 14.8. The Morgan fingerprint density at radius 2 is 2.00 bits per heavy atom. The molecular formula is C18H16N4O3S2. The largest absolute Gasteiger partial charge is 0.497 e. The maximum Gasteiger partial charge on any atom is 0.322 e. The van der Waals surface area contributed by atoms with Gasteiger partial charge in [-0.15, -0.1) is 16.9 Å². The lowest BCUT2D eigenvalue weighted by Crippen LogP contribution is -1.90. The van der Waals surface area contributed by atoms with Crippen molar-refractivity contribution < 1.29 is 13.9 Å². The highest BCUT2D eigenvalue weighted by molar-refractivity contribution is 7.98. The summed E-state index contributed by atoms with van der Waals surface area (Å²) in [6.45, 7) is 0. The summed E-state index contributed by atoms with van der Waals surface area (Å²) in [5.41, 5.74) is 1.65. The van der Waals surface area contributed by atoms with E-state index in [1.165, 1.54) is 11.3 Å². The molecule has 0 amide bonds. The summed E-state index contributed by atoms with van der Waals surface area (Å²) in [5.74, 6) is 1.63. The molecular weight excluding hydrogens is 384 g/mol. The smallest absolute Gasteiger partial charge is 0.322 e. The van der Waals surface area contributed by atoms with Crippen LogP contribution in [0.4, 0.5) is 11.1 Å². The van der Waals surface area contributed by atoms with Gasteiger partial charge in [-0.3, -0.25) is 5.32 Å². The first-order chi connectivity index (χ1) is 13.2. The van der Waals surface area contributed by atoms with Crippen LogP contribution in [0, 0.1) is 0 Å². The Bertz CT molecular complexity index is 1090. The summed E-state index contributed by atoms with van der Waals surface area (Å²) in [5, 5.41) is 12.0. The van der Waals surface area contributed by atoms with Crippen LogP contribution < -0.4 is 14.8 Å². The molecule has 1 N–H and O–H groups in total. The van der Waals surface area contributed by atoms with E-state index in [1.807, 2.05) is 30.5 Å². The minimum Gasteiger partial charge on any atom is -0.497 e. The van der Waals surface area contributed by atoms with Gasteiger partial charge < -0.3 is 13.9 Å². The number of hydrogen-bond donors (Lipinski definition) is 1.